The number of hydrogen-bond acceptors (Lipinski definition) is 9. The molecule has 37 heavy (non-hydrogen) atoms. The summed E-state index contributed by atoms with van der Waals surface area (Å²) in [6.07, 6.45) is 1.67. The molecule has 192 valence electrons. The van der Waals surface area contributed by atoms with E-state index >= 15 is 0 Å². The summed E-state index contributed by atoms with van der Waals surface area (Å²) in [4.78, 5) is 40.0. The predicted octanol–water partition coefficient (Wildman–Crippen LogP) is 1.57. The lowest BCUT2D eigenvalue weighted by Crippen LogP contribution is -2.41. The fourth-order valence-corrected chi connectivity index (χ4v) is 5.37. The van der Waals surface area contributed by atoms with Gasteiger partial charge in [-0.2, -0.15) is 0 Å². The molecular formula is C27H26N2O7S. The molecule has 0 aliphatic carbocycles. The van der Waals surface area contributed by atoms with Crippen LogP contribution < -0.4 is 30.0 Å². The van der Waals surface area contributed by atoms with Crippen molar-refractivity contribution in [1.82, 2.24) is 4.57 Å². The molecule has 1 atom stereocenters. The summed E-state index contributed by atoms with van der Waals surface area (Å²) in [5.41, 5.74) is 7.35. The number of esters is 2. The summed E-state index contributed by atoms with van der Waals surface area (Å²) in [6, 6.07) is 14.1. The minimum absolute atomic E-state index is 0.0316. The Morgan fingerprint density at radius 1 is 1.00 bits per heavy atom. The molecule has 10 heteroatoms. The lowest BCUT2D eigenvalue weighted by atomic mass is 9.83. The molecule has 0 saturated heterocycles. The van der Waals surface area contributed by atoms with Crippen molar-refractivity contribution in [2.75, 3.05) is 27.9 Å². The number of carbonyl (C=O) groups excluding carboxylic acids is 2. The van der Waals surface area contributed by atoms with Gasteiger partial charge in [-0.1, -0.05) is 24.3 Å². The fraction of sp³-hybridized carbons (Fsp3) is 0.222. The predicted molar refractivity (Wildman–Crippen MR) is 140 cm³/mol. The molecule has 0 saturated carbocycles. The number of ether oxygens (including phenoxy) is 4. The highest BCUT2D eigenvalue weighted by molar-refractivity contribution is 7.07. The Labute approximate surface area is 216 Å². The third-order valence-corrected chi connectivity index (χ3v) is 6.98. The second kappa shape index (κ2) is 10.8. The average Bonchev–Trinajstić information content (AvgIpc) is 3.23. The summed E-state index contributed by atoms with van der Waals surface area (Å²) >= 11 is 1.08. The van der Waals surface area contributed by atoms with E-state index in [0.717, 1.165) is 11.3 Å². The summed E-state index contributed by atoms with van der Waals surface area (Å²) in [7, 11) is 4.30. The van der Waals surface area contributed by atoms with E-state index in [4.69, 9.17) is 24.7 Å². The standard InChI is InChI=1S/C27H26N2O7S/c1-5-36-27(32)21-20(16-9-7-11-18(14-16)34-3)22(26(31)35-4)25-29(23(21)28)24(30)19(37-25)13-15-8-6-10-17(12-15)33-2/h6-14,20H,5,28H2,1-4H3/b19-13+/t20-/m1/s1. The van der Waals surface area contributed by atoms with Gasteiger partial charge < -0.3 is 24.7 Å². The first-order chi connectivity index (χ1) is 17.8. The second-order valence-electron chi connectivity index (χ2n) is 7.97. The highest BCUT2D eigenvalue weighted by Crippen LogP contribution is 2.38. The van der Waals surface area contributed by atoms with Gasteiger partial charge in [0.2, 0.25) is 0 Å². The Hall–Kier alpha value is -4.31. The molecule has 1 aliphatic rings. The molecule has 0 unspecified atom stereocenters. The van der Waals surface area contributed by atoms with Gasteiger partial charge >= 0.3 is 11.9 Å². The van der Waals surface area contributed by atoms with Crippen molar-refractivity contribution in [3.8, 4) is 11.5 Å². The number of hydrogen-bond donors (Lipinski definition) is 1. The van der Waals surface area contributed by atoms with Crippen LogP contribution in [0.1, 0.15) is 24.0 Å². The molecule has 1 aliphatic heterocycles. The van der Waals surface area contributed by atoms with Gasteiger partial charge in [-0.3, -0.25) is 9.36 Å². The zero-order valence-electron chi connectivity index (χ0n) is 20.8. The van der Waals surface area contributed by atoms with Crippen LogP contribution in [0.2, 0.25) is 0 Å². The van der Waals surface area contributed by atoms with Crippen LogP contribution in [0.5, 0.6) is 11.5 Å². The minimum atomic E-state index is -0.954. The molecule has 0 amide bonds. The highest BCUT2D eigenvalue weighted by atomic mass is 32.1. The van der Waals surface area contributed by atoms with Crippen LogP contribution in [0.25, 0.3) is 17.5 Å². The SMILES string of the molecule is CCOC(=O)C1=C(N)n2c(s/c(=C/c3cccc(OC)c3)c2=O)=C(C(=O)OC)[C@@H]1c1cccc(OC)c1. The first kappa shape index (κ1) is 25.8. The number of carbonyl (C=O) groups is 2. The van der Waals surface area contributed by atoms with E-state index in [9.17, 15) is 14.4 Å². The molecule has 3 aromatic rings. The Balaban J connectivity index is 2.10. The maximum atomic E-state index is 13.6. The summed E-state index contributed by atoms with van der Waals surface area (Å²) in [5.74, 6) is -1.37. The van der Waals surface area contributed by atoms with Crippen LogP contribution in [0.15, 0.2) is 58.9 Å². The summed E-state index contributed by atoms with van der Waals surface area (Å²) in [6.45, 7) is 1.74. The molecule has 2 N–H and O–H groups in total. The Morgan fingerprint density at radius 2 is 1.68 bits per heavy atom. The van der Waals surface area contributed by atoms with Gasteiger partial charge in [0.15, 0.2) is 0 Å². The molecule has 2 aromatic carbocycles. The maximum Gasteiger partial charge on any atom is 0.338 e. The van der Waals surface area contributed by atoms with Crippen molar-refractivity contribution in [3.05, 3.63) is 84.8 Å². The number of aromatic nitrogens is 1. The van der Waals surface area contributed by atoms with Gasteiger partial charge in [0.1, 0.15) is 22.0 Å². The second-order valence-corrected chi connectivity index (χ2v) is 9.00. The van der Waals surface area contributed by atoms with Crippen LogP contribution >= 0.6 is 11.3 Å². The third kappa shape index (κ3) is 4.75. The Bertz CT molecular complexity index is 1580. The van der Waals surface area contributed by atoms with Crippen molar-refractivity contribution in [3.63, 3.8) is 0 Å². The maximum absolute atomic E-state index is 13.6. The van der Waals surface area contributed by atoms with Crippen LogP contribution in [0.3, 0.4) is 0 Å². The molecular weight excluding hydrogens is 496 g/mol. The number of benzene rings is 2. The minimum Gasteiger partial charge on any atom is -0.497 e. The van der Waals surface area contributed by atoms with Gasteiger partial charge in [0, 0.05) is 0 Å². The molecule has 0 fully saturated rings. The molecule has 2 heterocycles. The number of nitrogens with two attached hydrogens (primary N) is 1. The zero-order valence-corrected chi connectivity index (χ0v) is 21.6. The van der Waals surface area contributed by atoms with E-state index in [1.807, 2.05) is 6.07 Å². The largest absolute Gasteiger partial charge is 0.497 e. The van der Waals surface area contributed by atoms with E-state index in [-0.39, 0.29) is 28.2 Å². The number of rotatable bonds is 7. The van der Waals surface area contributed by atoms with E-state index in [1.165, 1.54) is 18.8 Å². The van der Waals surface area contributed by atoms with Crippen molar-refractivity contribution < 1.29 is 28.5 Å². The fourth-order valence-electron chi connectivity index (χ4n) is 4.20. The first-order valence-corrected chi connectivity index (χ1v) is 12.2. The number of nitrogens with zero attached hydrogens (tertiary/aromatic N) is 1. The number of fused-ring (bicyclic) bond motifs is 1. The van der Waals surface area contributed by atoms with E-state index in [1.54, 1.807) is 62.6 Å². The van der Waals surface area contributed by atoms with Crippen molar-refractivity contribution in [1.29, 1.82) is 0 Å². The Kier molecular flexibility index (Phi) is 7.49. The third-order valence-electron chi connectivity index (χ3n) is 5.87. The normalized spacial score (nSPS) is 15.3. The van der Waals surface area contributed by atoms with Crippen LogP contribution in [0.4, 0.5) is 0 Å². The lowest BCUT2D eigenvalue weighted by molar-refractivity contribution is -0.138. The van der Waals surface area contributed by atoms with Gasteiger partial charge in [-0.25, -0.2) is 9.59 Å². The van der Waals surface area contributed by atoms with Gasteiger partial charge in [-0.05, 0) is 48.4 Å². The lowest BCUT2D eigenvalue weighted by Gasteiger charge is -2.27. The zero-order chi connectivity index (χ0) is 26.7. The van der Waals surface area contributed by atoms with Crippen molar-refractivity contribution in [2.45, 2.75) is 12.8 Å². The number of methoxy groups -OCH3 is 3. The number of thiazole rings is 1. The Morgan fingerprint density at radius 3 is 2.32 bits per heavy atom. The quantitative estimate of drug-likeness (QED) is 0.465. The average molecular weight is 523 g/mol. The van der Waals surface area contributed by atoms with Crippen molar-refractivity contribution >= 4 is 40.7 Å². The monoisotopic (exact) mass is 522 g/mol. The molecule has 0 spiro atoms. The molecule has 4 rings (SSSR count). The van der Waals surface area contributed by atoms with Gasteiger partial charge in [-0.15, -0.1) is 11.3 Å². The first-order valence-electron chi connectivity index (χ1n) is 11.4. The topological polar surface area (TPSA) is 119 Å². The summed E-state index contributed by atoms with van der Waals surface area (Å²) < 4.78 is 22.8. The molecule has 9 nitrogen and oxygen atoms in total. The van der Waals surface area contributed by atoms with Gasteiger partial charge in [0.05, 0.1) is 49.5 Å². The van der Waals surface area contributed by atoms with Gasteiger partial charge in [0.25, 0.3) is 5.56 Å². The summed E-state index contributed by atoms with van der Waals surface area (Å²) in [5, 5.41) is 0. The van der Waals surface area contributed by atoms with Crippen LogP contribution in [-0.2, 0) is 19.1 Å². The molecule has 0 bridgehead atoms. The van der Waals surface area contributed by atoms with Crippen LogP contribution in [0, 0.1) is 0 Å². The highest BCUT2D eigenvalue weighted by Gasteiger charge is 2.39. The van der Waals surface area contributed by atoms with E-state index in [2.05, 4.69) is 0 Å². The van der Waals surface area contributed by atoms with E-state index < -0.39 is 23.4 Å². The molecule has 0 radical (unpaired) electrons. The van der Waals surface area contributed by atoms with E-state index in [0.29, 0.717) is 27.2 Å². The van der Waals surface area contributed by atoms with Crippen molar-refractivity contribution in [2.24, 2.45) is 5.73 Å². The molecule has 1 aromatic heterocycles. The van der Waals surface area contributed by atoms with Crippen LogP contribution in [-0.4, -0.2) is 44.4 Å². The smallest absolute Gasteiger partial charge is 0.338 e.